The Bertz CT molecular complexity index is 712. The topological polar surface area (TPSA) is 41.6 Å². The number of rotatable bonds is 4. The highest BCUT2D eigenvalue weighted by atomic mass is 35.5. The number of ether oxygens (including phenoxy) is 1. The Balaban J connectivity index is 1.85. The lowest BCUT2D eigenvalue weighted by atomic mass is 10.2. The number of halogens is 1. The molecule has 0 spiro atoms. The summed E-state index contributed by atoms with van der Waals surface area (Å²) in [5.41, 5.74) is 2.29. The van der Waals surface area contributed by atoms with Crippen molar-refractivity contribution in [2.24, 2.45) is 0 Å². The van der Waals surface area contributed by atoms with Gasteiger partial charge in [0.25, 0.3) is 5.91 Å². The van der Waals surface area contributed by atoms with Crippen molar-refractivity contribution in [2.45, 2.75) is 12.8 Å². The molecule has 0 atom stereocenters. The Kier molecular flexibility index (Phi) is 4.72. The van der Waals surface area contributed by atoms with Crippen LogP contribution in [0.25, 0.3) is 0 Å². The first kappa shape index (κ1) is 15.7. The quantitative estimate of drug-likeness (QED) is 0.913. The van der Waals surface area contributed by atoms with Gasteiger partial charge in [0.05, 0.1) is 12.8 Å². The molecule has 5 heteroatoms. The van der Waals surface area contributed by atoms with E-state index in [0.29, 0.717) is 22.0 Å². The van der Waals surface area contributed by atoms with E-state index in [1.165, 1.54) is 12.8 Å². The van der Waals surface area contributed by atoms with Crippen molar-refractivity contribution in [3.8, 4) is 5.75 Å². The number of nitrogens with one attached hydrogen (secondary N) is 1. The zero-order valence-corrected chi connectivity index (χ0v) is 13.8. The Morgan fingerprint density at radius 3 is 2.65 bits per heavy atom. The van der Waals surface area contributed by atoms with E-state index in [2.05, 4.69) is 10.2 Å². The second kappa shape index (κ2) is 6.92. The molecule has 120 valence electrons. The Labute approximate surface area is 141 Å². The molecule has 0 aromatic heterocycles. The molecule has 4 nitrogen and oxygen atoms in total. The molecule has 0 unspecified atom stereocenters. The fourth-order valence-corrected chi connectivity index (χ4v) is 2.98. The molecule has 2 aromatic carbocycles. The highest BCUT2D eigenvalue weighted by Gasteiger charge is 2.16. The summed E-state index contributed by atoms with van der Waals surface area (Å²) in [5.74, 6) is 0.438. The molecule has 0 saturated carbocycles. The van der Waals surface area contributed by atoms with Crippen LogP contribution in [0.15, 0.2) is 42.5 Å². The van der Waals surface area contributed by atoms with E-state index in [-0.39, 0.29) is 5.91 Å². The summed E-state index contributed by atoms with van der Waals surface area (Å²) in [4.78, 5) is 14.7. The molecule has 1 amide bonds. The molecule has 1 fully saturated rings. The summed E-state index contributed by atoms with van der Waals surface area (Å²) in [5, 5.41) is 3.46. The summed E-state index contributed by atoms with van der Waals surface area (Å²) in [7, 11) is 1.60. The van der Waals surface area contributed by atoms with Crippen molar-refractivity contribution in [1.82, 2.24) is 0 Å². The number of anilines is 2. The van der Waals surface area contributed by atoms with Gasteiger partial charge >= 0.3 is 0 Å². The van der Waals surface area contributed by atoms with Gasteiger partial charge in [-0.15, -0.1) is 0 Å². The average Bonchev–Trinajstić information content (AvgIpc) is 3.09. The van der Waals surface area contributed by atoms with Gasteiger partial charge in [0, 0.05) is 29.4 Å². The fourth-order valence-electron chi connectivity index (χ4n) is 2.79. The molecule has 23 heavy (non-hydrogen) atoms. The molecule has 3 rings (SSSR count). The van der Waals surface area contributed by atoms with Crippen LogP contribution in [0, 0.1) is 0 Å². The van der Waals surface area contributed by atoms with Crippen molar-refractivity contribution in [2.75, 3.05) is 30.4 Å². The first-order valence-electron chi connectivity index (χ1n) is 7.67. The molecule has 1 saturated heterocycles. The predicted octanol–water partition coefficient (Wildman–Crippen LogP) is 4.20. The van der Waals surface area contributed by atoms with E-state index in [4.69, 9.17) is 16.3 Å². The van der Waals surface area contributed by atoms with Gasteiger partial charge < -0.3 is 15.0 Å². The highest BCUT2D eigenvalue weighted by Crippen LogP contribution is 2.31. The smallest absolute Gasteiger partial charge is 0.255 e. The number of hydrogen-bond donors (Lipinski definition) is 1. The minimum absolute atomic E-state index is 0.204. The molecule has 2 aromatic rings. The number of nitrogens with zero attached hydrogens (tertiary/aromatic N) is 1. The first-order chi connectivity index (χ1) is 11.2. The monoisotopic (exact) mass is 330 g/mol. The molecular formula is C18H19ClN2O2. The van der Waals surface area contributed by atoms with Gasteiger partial charge in [-0.3, -0.25) is 4.79 Å². The third-order valence-electron chi connectivity index (χ3n) is 3.99. The van der Waals surface area contributed by atoms with Crippen LogP contribution in [0.1, 0.15) is 23.2 Å². The highest BCUT2D eigenvalue weighted by molar-refractivity contribution is 6.31. The molecule has 0 aliphatic carbocycles. The summed E-state index contributed by atoms with van der Waals surface area (Å²) < 4.78 is 5.36. The molecule has 1 aliphatic heterocycles. The summed E-state index contributed by atoms with van der Waals surface area (Å²) in [6.45, 7) is 2.10. The van der Waals surface area contributed by atoms with Crippen molar-refractivity contribution in [1.29, 1.82) is 0 Å². The van der Waals surface area contributed by atoms with Crippen molar-refractivity contribution in [3.63, 3.8) is 0 Å². The van der Waals surface area contributed by atoms with E-state index >= 15 is 0 Å². The Hall–Kier alpha value is -2.20. The fraction of sp³-hybridized carbons (Fsp3) is 0.278. The molecule has 1 aliphatic rings. The van der Waals surface area contributed by atoms with E-state index in [1.54, 1.807) is 31.4 Å². The van der Waals surface area contributed by atoms with Gasteiger partial charge in [-0.05, 0) is 49.2 Å². The standard InChI is InChI=1S/C18H19ClN2O2/c1-23-17-8-7-15(21-9-2-3-10-21)12-16(17)20-18(22)13-5-4-6-14(19)11-13/h4-8,11-12H,2-3,9-10H2,1H3,(H,20,22). The molecule has 1 heterocycles. The maximum atomic E-state index is 12.4. The van der Waals surface area contributed by atoms with Gasteiger partial charge in [0.1, 0.15) is 5.75 Å². The zero-order chi connectivity index (χ0) is 16.2. The summed E-state index contributed by atoms with van der Waals surface area (Å²) in [6, 6.07) is 12.8. The number of amides is 1. The molecule has 0 bridgehead atoms. The molecular weight excluding hydrogens is 312 g/mol. The zero-order valence-electron chi connectivity index (χ0n) is 13.0. The van der Waals surface area contributed by atoms with Crippen LogP contribution in [0.5, 0.6) is 5.75 Å². The van der Waals surface area contributed by atoms with Gasteiger partial charge in [0.15, 0.2) is 0 Å². The lowest BCUT2D eigenvalue weighted by molar-refractivity contribution is 0.102. The first-order valence-corrected chi connectivity index (χ1v) is 8.05. The molecule has 0 radical (unpaired) electrons. The SMILES string of the molecule is COc1ccc(N2CCCC2)cc1NC(=O)c1cccc(Cl)c1. The van der Waals surface area contributed by atoms with Gasteiger partial charge in [-0.25, -0.2) is 0 Å². The van der Waals surface area contributed by atoms with Gasteiger partial charge in [0.2, 0.25) is 0 Å². The second-order valence-corrected chi connectivity index (χ2v) is 5.98. The number of hydrogen-bond acceptors (Lipinski definition) is 3. The van der Waals surface area contributed by atoms with Crippen LogP contribution in [0.4, 0.5) is 11.4 Å². The van der Waals surface area contributed by atoms with Crippen LogP contribution in [-0.2, 0) is 0 Å². The number of methoxy groups -OCH3 is 1. The number of carbonyl (C=O) groups excluding carboxylic acids is 1. The van der Waals surface area contributed by atoms with Crippen molar-refractivity contribution >= 4 is 28.9 Å². The van der Waals surface area contributed by atoms with Crippen molar-refractivity contribution in [3.05, 3.63) is 53.1 Å². The van der Waals surface area contributed by atoms with E-state index in [9.17, 15) is 4.79 Å². The summed E-state index contributed by atoms with van der Waals surface area (Å²) >= 11 is 5.95. The largest absolute Gasteiger partial charge is 0.495 e. The third-order valence-corrected chi connectivity index (χ3v) is 4.22. The Morgan fingerprint density at radius 2 is 1.96 bits per heavy atom. The minimum atomic E-state index is -0.204. The van der Waals surface area contributed by atoms with E-state index in [1.807, 2.05) is 18.2 Å². The normalized spacial score (nSPS) is 13.9. The van der Waals surface area contributed by atoms with Crippen LogP contribution in [0.2, 0.25) is 5.02 Å². The minimum Gasteiger partial charge on any atom is -0.495 e. The second-order valence-electron chi connectivity index (χ2n) is 5.54. The summed E-state index contributed by atoms with van der Waals surface area (Å²) in [6.07, 6.45) is 2.41. The van der Waals surface area contributed by atoms with Crippen molar-refractivity contribution < 1.29 is 9.53 Å². The number of benzene rings is 2. The predicted molar refractivity (Wildman–Crippen MR) is 93.8 cm³/mol. The third kappa shape index (κ3) is 3.59. The maximum Gasteiger partial charge on any atom is 0.255 e. The molecule has 1 N–H and O–H groups in total. The van der Waals surface area contributed by atoms with Crippen LogP contribution in [-0.4, -0.2) is 26.1 Å². The van der Waals surface area contributed by atoms with E-state index < -0.39 is 0 Å². The van der Waals surface area contributed by atoms with Crippen LogP contribution >= 0.6 is 11.6 Å². The number of carbonyl (C=O) groups is 1. The maximum absolute atomic E-state index is 12.4. The van der Waals surface area contributed by atoms with Gasteiger partial charge in [-0.2, -0.15) is 0 Å². The lowest BCUT2D eigenvalue weighted by Gasteiger charge is -2.20. The lowest BCUT2D eigenvalue weighted by Crippen LogP contribution is -2.18. The van der Waals surface area contributed by atoms with E-state index in [0.717, 1.165) is 18.8 Å². The Morgan fingerprint density at radius 1 is 1.17 bits per heavy atom. The average molecular weight is 331 g/mol. The van der Waals surface area contributed by atoms with Gasteiger partial charge in [-0.1, -0.05) is 17.7 Å². The van der Waals surface area contributed by atoms with Crippen LogP contribution < -0.4 is 15.0 Å². The van der Waals surface area contributed by atoms with Crippen LogP contribution in [0.3, 0.4) is 0 Å².